The minimum atomic E-state index is -3.71. The molecule has 4 aromatic carbocycles. The molecular weight excluding hydrogens is 371 g/mol. The van der Waals surface area contributed by atoms with Crippen LogP contribution in [-0.4, -0.2) is 0 Å². The first kappa shape index (κ1) is 17.8. The van der Waals surface area contributed by atoms with Crippen LogP contribution in [0, 0.1) is 0 Å². The predicted molar refractivity (Wildman–Crippen MR) is 118 cm³/mol. The molecule has 0 spiro atoms. The fourth-order valence-electron chi connectivity index (χ4n) is 3.37. The normalized spacial score (nSPS) is 12.7. The molecule has 0 aliphatic heterocycles. The second-order valence-electron chi connectivity index (χ2n) is 6.34. The Morgan fingerprint density at radius 1 is 0.444 bits per heavy atom. The number of benzene rings is 4. The molecule has 0 bridgehead atoms. The van der Waals surface area contributed by atoms with Gasteiger partial charge in [0.2, 0.25) is 0 Å². The molecule has 4 rings (SSSR count). The van der Waals surface area contributed by atoms with Gasteiger partial charge in [-0.05, 0) is 0 Å². The van der Waals surface area contributed by atoms with Gasteiger partial charge in [0.15, 0.2) is 0 Å². The van der Waals surface area contributed by atoms with Gasteiger partial charge in [0.05, 0.1) is 0 Å². The molecule has 4 aromatic rings. The summed E-state index contributed by atoms with van der Waals surface area (Å²) in [6.45, 7) is 0. The molecule has 0 amide bonds. The Morgan fingerprint density at radius 3 is 1.07 bits per heavy atom. The van der Waals surface area contributed by atoms with E-state index in [9.17, 15) is 0 Å². The molecular formula is C24H20ClOP. The van der Waals surface area contributed by atoms with E-state index < -0.39 is 6.18 Å². The van der Waals surface area contributed by atoms with E-state index in [2.05, 4.69) is 36.4 Å². The van der Waals surface area contributed by atoms with Gasteiger partial charge in [-0.15, -0.1) is 0 Å². The third-order valence-electron chi connectivity index (χ3n) is 4.67. The third kappa shape index (κ3) is 3.04. The topological polar surface area (TPSA) is 9.23 Å². The van der Waals surface area contributed by atoms with Crippen molar-refractivity contribution in [2.45, 2.75) is 0 Å². The van der Waals surface area contributed by atoms with Crippen LogP contribution in [0.4, 0.5) is 0 Å². The van der Waals surface area contributed by atoms with Gasteiger partial charge >= 0.3 is 165 Å². The molecule has 0 atom stereocenters. The molecule has 0 radical (unpaired) electrons. The van der Waals surface area contributed by atoms with Crippen molar-refractivity contribution in [3.05, 3.63) is 121 Å². The second-order valence-corrected chi connectivity index (χ2v) is 11.9. The van der Waals surface area contributed by atoms with E-state index >= 15 is 0 Å². The summed E-state index contributed by atoms with van der Waals surface area (Å²) in [6.07, 6.45) is -3.71. The number of rotatable bonds is 5. The van der Waals surface area contributed by atoms with Crippen molar-refractivity contribution in [2.24, 2.45) is 0 Å². The molecule has 0 unspecified atom stereocenters. The number of hydrogen-bond donors (Lipinski definition) is 0. The zero-order valence-electron chi connectivity index (χ0n) is 14.8. The Hall–Kier alpha value is -2.60. The summed E-state index contributed by atoms with van der Waals surface area (Å²) < 4.78 is 6.84. The van der Waals surface area contributed by atoms with Gasteiger partial charge in [0.25, 0.3) is 0 Å². The minimum absolute atomic E-state index is 0.752. The SMILES string of the molecule is ClP(Oc1ccccc1)(c1ccccc1)(c1ccccc1)c1ccccc1. The van der Waals surface area contributed by atoms with Crippen LogP contribution in [0.1, 0.15) is 0 Å². The summed E-state index contributed by atoms with van der Waals surface area (Å²) >= 11 is 7.82. The van der Waals surface area contributed by atoms with Crippen molar-refractivity contribution in [3.63, 3.8) is 0 Å². The van der Waals surface area contributed by atoms with Crippen LogP contribution < -0.4 is 20.4 Å². The van der Waals surface area contributed by atoms with E-state index in [1.54, 1.807) is 0 Å². The first-order valence-corrected chi connectivity index (χ1v) is 11.9. The Balaban J connectivity index is 2.09. The van der Waals surface area contributed by atoms with Crippen molar-refractivity contribution in [2.75, 3.05) is 0 Å². The molecule has 0 saturated heterocycles. The summed E-state index contributed by atoms with van der Waals surface area (Å²) in [5.74, 6) is 0.752. The fraction of sp³-hybridized carbons (Fsp3) is 0. The molecule has 0 fully saturated rings. The van der Waals surface area contributed by atoms with Gasteiger partial charge in [-0.1, -0.05) is 0 Å². The van der Waals surface area contributed by atoms with Crippen LogP contribution >= 0.6 is 17.4 Å². The molecule has 1 nitrogen and oxygen atoms in total. The zero-order valence-corrected chi connectivity index (χ0v) is 16.4. The number of halogens is 1. The van der Waals surface area contributed by atoms with E-state index in [-0.39, 0.29) is 0 Å². The summed E-state index contributed by atoms with van der Waals surface area (Å²) in [7, 11) is 0. The van der Waals surface area contributed by atoms with Crippen molar-refractivity contribution in [1.29, 1.82) is 0 Å². The first-order chi connectivity index (χ1) is 13.2. The average Bonchev–Trinajstić information content (AvgIpc) is 2.76. The average molecular weight is 391 g/mol. The monoisotopic (exact) mass is 390 g/mol. The molecule has 27 heavy (non-hydrogen) atoms. The van der Waals surface area contributed by atoms with Crippen LogP contribution in [-0.2, 0) is 0 Å². The Bertz CT molecular complexity index is 906. The van der Waals surface area contributed by atoms with E-state index in [0.29, 0.717) is 0 Å². The molecule has 0 aromatic heterocycles. The van der Waals surface area contributed by atoms with Crippen LogP contribution in [0.2, 0.25) is 0 Å². The summed E-state index contributed by atoms with van der Waals surface area (Å²) in [6, 6.07) is 40.3. The van der Waals surface area contributed by atoms with E-state index in [0.717, 1.165) is 21.7 Å². The van der Waals surface area contributed by atoms with Crippen LogP contribution in [0.5, 0.6) is 5.75 Å². The third-order valence-corrected chi connectivity index (χ3v) is 10.9. The van der Waals surface area contributed by atoms with Gasteiger partial charge in [-0.3, -0.25) is 0 Å². The Labute approximate surface area is 165 Å². The maximum absolute atomic E-state index is 7.82. The van der Waals surface area contributed by atoms with E-state index in [1.807, 2.05) is 84.9 Å². The van der Waals surface area contributed by atoms with E-state index in [1.165, 1.54) is 0 Å². The summed E-state index contributed by atoms with van der Waals surface area (Å²) in [5, 5.41) is 2.93. The molecule has 0 saturated carbocycles. The van der Waals surface area contributed by atoms with Crippen molar-refractivity contribution < 1.29 is 4.52 Å². The Kier molecular flexibility index (Phi) is 4.74. The molecule has 0 aliphatic rings. The van der Waals surface area contributed by atoms with Crippen LogP contribution in [0.25, 0.3) is 0 Å². The molecule has 3 heteroatoms. The van der Waals surface area contributed by atoms with Gasteiger partial charge < -0.3 is 0 Å². The number of para-hydroxylation sites is 1. The van der Waals surface area contributed by atoms with Gasteiger partial charge in [0.1, 0.15) is 0 Å². The van der Waals surface area contributed by atoms with Gasteiger partial charge in [-0.2, -0.15) is 0 Å². The van der Waals surface area contributed by atoms with Gasteiger partial charge in [0, 0.05) is 0 Å². The fourth-order valence-corrected chi connectivity index (χ4v) is 8.46. The van der Waals surface area contributed by atoms with E-state index in [4.69, 9.17) is 15.8 Å². The number of hydrogen-bond acceptors (Lipinski definition) is 1. The predicted octanol–water partition coefficient (Wildman–Crippen LogP) is 5.66. The zero-order chi connectivity index (χ0) is 18.6. The van der Waals surface area contributed by atoms with Gasteiger partial charge in [-0.25, -0.2) is 0 Å². The second kappa shape index (κ2) is 7.19. The summed E-state index contributed by atoms with van der Waals surface area (Å²) in [4.78, 5) is 0. The van der Waals surface area contributed by atoms with Crippen LogP contribution in [0.3, 0.4) is 0 Å². The van der Waals surface area contributed by atoms with Crippen molar-refractivity contribution >= 4 is 33.3 Å². The molecule has 134 valence electrons. The standard InChI is InChI=1S/C24H20ClOP/c25-27(22-15-7-2-8-16-22,23-17-9-3-10-18-23,24-19-11-4-12-20-24)26-21-13-5-1-6-14-21/h1-20H. The maximum atomic E-state index is 7.82. The van der Waals surface area contributed by atoms with Crippen LogP contribution in [0.15, 0.2) is 121 Å². The first-order valence-electron chi connectivity index (χ1n) is 8.87. The molecule has 0 heterocycles. The molecule has 0 aliphatic carbocycles. The summed E-state index contributed by atoms with van der Waals surface area (Å²) in [5.41, 5.74) is 0. The Morgan fingerprint density at radius 2 is 0.741 bits per heavy atom. The molecule has 0 N–H and O–H groups in total. The van der Waals surface area contributed by atoms with Crippen molar-refractivity contribution in [1.82, 2.24) is 0 Å². The quantitative estimate of drug-likeness (QED) is 0.399. The van der Waals surface area contributed by atoms with Crippen molar-refractivity contribution in [3.8, 4) is 5.75 Å².